The molecule has 0 radical (unpaired) electrons. The van der Waals surface area contributed by atoms with Crippen LogP contribution in [0.2, 0.25) is 0 Å². The Balaban J connectivity index is 1.65. The largest absolute Gasteiger partial charge is 0.379 e. The Morgan fingerprint density at radius 1 is 0.955 bits per heavy atom. The van der Waals surface area contributed by atoms with Crippen molar-refractivity contribution in [3.05, 3.63) is 0 Å². The number of piperidine rings is 1. The first-order valence-corrected chi connectivity index (χ1v) is 9.95. The standard InChI is InChI=1S/C15H26N2O4S/c18-15(13-4-1-2-5-13)16-7-3-6-14(12-16)22(19,20)17-8-10-21-11-9-17/h13-14H,1-12H2/t14-/m0/s1. The molecule has 2 heterocycles. The van der Waals surface area contributed by atoms with Crippen molar-refractivity contribution in [1.82, 2.24) is 9.21 Å². The highest BCUT2D eigenvalue weighted by atomic mass is 32.2. The second kappa shape index (κ2) is 6.84. The highest BCUT2D eigenvalue weighted by molar-refractivity contribution is 7.89. The molecule has 0 aromatic heterocycles. The Kier molecular flexibility index (Phi) is 5.04. The first-order valence-electron chi connectivity index (χ1n) is 8.44. The highest BCUT2D eigenvalue weighted by Crippen LogP contribution is 2.29. The average molecular weight is 330 g/mol. The molecule has 1 amide bonds. The lowest BCUT2D eigenvalue weighted by atomic mass is 10.0. The van der Waals surface area contributed by atoms with E-state index in [4.69, 9.17) is 4.74 Å². The van der Waals surface area contributed by atoms with Crippen molar-refractivity contribution in [2.24, 2.45) is 5.92 Å². The normalized spacial score (nSPS) is 28.9. The van der Waals surface area contributed by atoms with Crippen molar-refractivity contribution in [3.8, 4) is 0 Å². The van der Waals surface area contributed by atoms with Crippen LogP contribution in [0.15, 0.2) is 0 Å². The lowest BCUT2D eigenvalue weighted by Gasteiger charge is -2.37. The third-order valence-corrected chi connectivity index (χ3v) is 7.46. The topological polar surface area (TPSA) is 66.9 Å². The van der Waals surface area contributed by atoms with Crippen LogP contribution in [-0.4, -0.2) is 68.2 Å². The zero-order valence-electron chi connectivity index (χ0n) is 13.1. The highest BCUT2D eigenvalue weighted by Gasteiger charge is 2.38. The number of carbonyl (C=O) groups is 1. The van der Waals surface area contributed by atoms with E-state index in [1.165, 1.54) is 0 Å². The molecule has 3 fully saturated rings. The molecule has 3 rings (SSSR count). The van der Waals surface area contributed by atoms with E-state index in [1.54, 1.807) is 4.31 Å². The predicted molar refractivity (Wildman–Crippen MR) is 82.9 cm³/mol. The minimum atomic E-state index is -3.32. The van der Waals surface area contributed by atoms with Crippen molar-refractivity contribution in [2.75, 3.05) is 39.4 Å². The van der Waals surface area contributed by atoms with Crippen LogP contribution in [0, 0.1) is 5.92 Å². The molecule has 22 heavy (non-hydrogen) atoms. The van der Waals surface area contributed by atoms with Crippen LogP contribution in [0.1, 0.15) is 38.5 Å². The van der Waals surface area contributed by atoms with Gasteiger partial charge in [0, 0.05) is 32.1 Å². The van der Waals surface area contributed by atoms with E-state index in [-0.39, 0.29) is 11.8 Å². The Labute approximate surface area is 132 Å². The number of carbonyl (C=O) groups excluding carboxylic acids is 1. The SMILES string of the molecule is O=C(C1CCCC1)N1CCC[C@H](S(=O)(=O)N2CCOCC2)C1. The predicted octanol–water partition coefficient (Wildman–Crippen LogP) is 0.830. The smallest absolute Gasteiger partial charge is 0.225 e. The van der Waals surface area contributed by atoms with Gasteiger partial charge >= 0.3 is 0 Å². The Bertz CT molecular complexity index is 496. The van der Waals surface area contributed by atoms with Crippen molar-refractivity contribution < 1.29 is 17.9 Å². The maximum Gasteiger partial charge on any atom is 0.225 e. The van der Waals surface area contributed by atoms with Crippen molar-refractivity contribution in [3.63, 3.8) is 0 Å². The molecular formula is C15H26N2O4S. The van der Waals surface area contributed by atoms with Crippen molar-refractivity contribution >= 4 is 15.9 Å². The molecule has 1 aliphatic carbocycles. The van der Waals surface area contributed by atoms with Crippen LogP contribution >= 0.6 is 0 Å². The molecule has 3 aliphatic rings. The Morgan fingerprint density at radius 2 is 1.64 bits per heavy atom. The van der Waals surface area contributed by atoms with Gasteiger partial charge in [0.05, 0.1) is 18.5 Å². The number of ether oxygens (including phenoxy) is 1. The van der Waals surface area contributed by atoms with Gasteiger partial charge in [-0.25, -0.2) is 8.42 Å². The number of rotatable bonds is 3. The first kappa shape index (κ1) is 16.2. The average Bonchev–Trinajstić information content (AvgIpc) is 3.09. The molecule has 0 aromatic rings. The Hall–Kier alpha value is -0.660. The van der Waals surface area contributed by atoms with Crippen LogP contribution in [0.25, 0.3) is 0 Å². The number of morpholine rings is 1. The van der Waals surface area contributed by atoms with E-state index in [0.717, 1.165) is 32.1 Å². The molecule has 0 spiro atoms. The number of nitrogens with zero attached hydrogens (tertiary/aromatic N) is 2. The first-order chi connectivity index (χ1) is 10.6. The molecule has 2 saturated heterocycles. The molecule has 126 valence electrons. The second-order valence-corrected chi connectivity index (χ2v) is 8.80. The monoisotopic (exact) mass is 330 g/mol. The van der Waals surface area contributed by atoms with Gasteiger partial charge in [-0.05, 0) is 25.7 Å². The maximum absolute atomic E-state index is 12.8. The van der Waals surface area contributed by atoms with Crippen molar-refractivity contribution in [2.45, 2.75) is 43.8 Å². The van der Waals surface area contributed by atoms with Gasteiger partial charge in [0.15, 0.2) is 0 Å². The summed E-state index contributed by atoms with van der Waals surface area (Å²) in [6.07, 6.45) is 5.63. The summed E-state index contributed by atoms with van der Waals surface area (Å²) in [6.45, 7) is 2.90. The van der Waals surface area contributed by atoms with E-state index in [9.17, 15) is 13.2 Å². The van der Waals surface area contributed by atoms with Crippen LogP contribution < -0.4 is 0 Å². The Morgan fingerprint density at radius 3 is 2.32 bits per heavy atom. The number of likely N-dealkylation sites (tertiary alicyclic amines) is 1. The summed E-state index contributed by atoms with van der Waals surface area (Å²) < 4.78 is 32.3. The maximum atomic E-state index is 12.8. The summed E-state index contributed by atoms with van der Waals surface area (Å²) in [5, 5.41) is -0.440. The molecule has 0 bridgehead atoms. The lowest BCUT2D eigenvalue weighted by Crippen LogP contribution is -2.52. The lowest BCUT2D eigenvalue weighted by molar-refractivity contribution is -0.136. The summed E-state index contributed by atoms with van der Waals surface area (Å²) in [5.74, 6) is 0.309. The molecule has 1 saturated carbocycles. The van der Waals surface area contributed by atoms with E-state index in [2.05, 4.69) is 0 Å². The summed E-state index contributed by atoms with van der Waals surface area (Å²) in [7, 11) is -3.32. The summed E-state index contributed by atoms with van der Waals surface area (Å²) in [5.41, 5.74) is 0. The van der Waals surface area contributed by atoms with Gasteiger partial charge in [0.25, 0.3) is 0 Å². The van der Waals surface area contributed by atoms with Gasteiger partial charge < -0.3 is 9.64 Å². The third kappa shape index (κ3) is 3.31. The molecular weight excluding hydrogens is 304 g/mol. The van der Waals surface area contributed by atoms with Crippen LogP contribution in [-0.2, 0) is 19.6 Å². The summed E-state index contributed by atoms with van der Waals surface area (Å²) in [4.78, 5) is 14.4. The number of sulfonamides is 1. The fourth-order valence-corrected chi connectivity index (χ4v) is 5.74. The van der Waals surface area contributed by atoms with Gasteiger partial charge in [0.2, 0.25) is 15.9 Å². The van der Waals surface area contributed by atoms with Crippen LogP contribution in [0.4, 0.5) is 0 Å². The molecule has 1 atom stereocenters. The van der Waals surface area contributed by atoms with E-state index in [0.29, 0.717) is 45.8 Å². The molecule has 0 unspecified atom stereocenters. The quantitative estimate of drug-likeness (QED) is 0.769. The fraction of sp³-hybridized carbons (Fsp3) is 0.933. The summed E-state index contributed by atoms with van der Waals surface area (Å²) >= 11 is 0. The molecule has 0 aromatic carbocycles. The van der Waals surface area contributed by atoms with Crippen molar-refractivity contribution in [1.29, 1.82) is 0 Å². The van der Waals surface area contributed by atoms with Crippen LogP contribution in [0.5, 0.6) is 0 Å². The minimum Gasteiger partial charge on any atom is -0.379 e. The third-order valence-electron chi connectivity index (χ3n) is 5.15. The van der Waals surface area contributed by atoms with E-state index in [1.807, 2.05) is 4.90 Å². The number of hydrogen-bond acceptors (Lipinski definition) is 4. The molecule has 7 heteroatoms. The van der Waals surface area contributed by atoms with E-state index < -0.39 is 15.3 Å². The number of hydrogen-bond donors (Lipinski definition) is 0. The van der Waals surface area contributed by atoms with Gasteiger partial charge in [-0.1, -0.05) is 12.8 Å². The molecule has 0 N–H and O–H groups in total. The zero-order valence-corrected chi connectivity index (χ0v) is 13.9. The van der Waals surface area contributed by atoms with Crippen LogP contribution in [0.3, 0.4) is 0 Å². The zero-order chi connectivity index (χ0) is 15.6. The van der Waals surface area contributed by atoms with Gasteiger partial charge in [-0.15, -0.1) is 0 Å². The number of amides is 1. The van der Waals surface area contributed by atoms with Gasteiger partial charge in [-0.3, -0.25) is 4.79 Å². The second-order valence-electron chi connectivity index (χ2n) is 6.59. The van der Waals surface area contributed by atoms with E-state index >= 15 is 0 Å². The molecule has 2 aliphatic heterocycles. The van der Waals surface area contributed by atoms with Gasteiger partial charge in [0.1, 0.15) is 0 Å². The molecule has 6 nitrogen and oxygen atoms in total. The summed E-state index contributed by atoms with van der Waals surface area (Å²) in [6, 6.07) is 0. The fourth-order valence-electron chi connectivity index (χ4n) is 3.82. The minimum absolute atomic E-state index is 0.129. The van der Waals surface area contributed by atoms with Gasteiger partial charge in [-0.2, -0.15) is 4.31 Å².